The van der Waals surface area contributed by atoms with Crippen LogP contribution >= 0.6 is 11.3 Å². The molecule has 0 bridgehead atoms. The van der Waals surface area contributed by atoms with Gasteiger partial charge < -0.3 is 5.32 Å². The lowest BCUT2D eigenvalue weighted by molar-refractivity contribution is 0.0950. The van der Waals surface area contributed by atoms with Gasteiger partial charge in [-0.1, -0.05) is 48.5 Å². The molecule has 0 aliphatic heterocycles. The molecule has 4 aromatic rings. The zero-order valence-corrected chi connectivity index (χ0v) is 14.7. The maximum Gasteiger partial charge on any atom is 0.254 e. The Bertz CT molecular complexity index is 1010. The van der Waals surface area contributed by atoms with Crippen molar-refractivity contribution >= 4 is 17.2 Å². The number of carbonyl (C=O) groups is 1. The molecule has 6 heteroatoms. The maximum atomic E-state index is 12.4. The summed E-state index contributed by atoms with van der Waals surface area (Å²) in [6.07, 6.45) is 3.29. The van der Waals surface area contributed by atoms with Gasteiger partial charge in [0.15, 0.2) is 0 Å². The van der Waals surface area contributed by atoms with Crippen LogP contribution in [0.5, 0.6) is 0 Å². The Hall–Kier alpha value is -3.25. The van der Waals surface area contributed by atoms with Crippen molar-refractivity contribution in [3.63, 3.8) is 0 Å². The Balaban J connectivity index is 1.40. The fourth-order valence-corrected chi connectivity index (χ4v) is 3.36. The first kappa shape index (κ1) is 16.2. The number of carbonyl (C=O) groups excluding carboxylic acids is 1. The molecule has 1 amide bonds. The van der Waals surface area contributed by atoms with E-state index < -0.39 is 0 Å². The molecule has 0 saturated carbocycles. The van der Waals surface area contributed by atoms with Crippen LogP contribution in [0.25, 0.3) is 16.3 Å². The van der Waals surface area contributed by atoms with E-state index >= 15 is 0 Å². The van der Waals surface area contributed by atoms with Crippen molar-refractivity contribution < 1.29 is 4.79 Å². The molecule has 0 saturated heterocycles. The number of amides is 1. The molecule has 0 radical (unpaired) electrons. The minimum absolute atomic E-state index is 0.165. The van der Waals surface area contributed by atoms with Crippen LogP contribution in [0.15, 0.2) is 78.4 Å². The van der Waals surface area contributed by atoms with Crippen molar-refractivity contribution in [3.05, 3.63) is 89.7 Å². The second-order valence-electron chi connectivity index (χ2n) is 5.70. The van der Waals surface area contributed by atoms with Crippen LogP contribution in [-0.2, 0) is 6.54 Å². The lowest BCUT2D eigenvalue weighted by atomic mass is 10.2. The normalized spacial score (nSPS) is 10.6. The summed E-state index contributed by atoms with van der Waals surface area (Å²) >= 11 is 1.57. The van der Waals surface area contributed by atoms with E-state index in [1.165, 1.54) is 0 Å². The number of hydrogen-bond acceptors (Lipinski definition) is 4. The van der Waals surface area contributed by atoms with Crippen molar-refractivity contribution in [1.29, 1.82) is 0 Å². The van der Waals surface area contributed by atoms with E-state index in [9.17, 15) is 4.79 Å². The Morgan fingerprint density at radius 2 is 1.77 bits per heavy atom. The third-order valence-corrected chi connectivity index (χ3v) is 4.81. The first-order valence-corrected chi connectivity index (χ1v) is 9.06. The Morgan fingerprint density at radius 3 is 2.54 bits per heavy atom. The highest BCUT2D eigenvalue weighted by atomic mass is 32.1. The van der Waals surface area contributed by atoms with Gasteiger partial charge in [-0.2, -0.15) is 5.10 Å². The molecular formula is C20H16N4OS. The average Bonchev–Trinajstić information content (AvgIpc) is 3.37. The first-order chi connectivity index (χ1) is 12.8. The van der Waals surface area contributed by atoms with Gasteiger partial charge in [0.2, 0.25) is 0 Å². The predicted octanol–water partition coefficient (Wildman–Crippen LogP) is 3.93. The largest absolute Gasteiger partial charge is 0.346 e. The molecule has 0 fully saturated rings. The van der Waals surface area contributed by atoms with E-state index in [0.717, 1.165) is 22.0 Å². The van der Waals surface area contributed by atoms with Crippen LogP contribution in [0, 0.1) is 0 Å². The molecule has 2 aromatic carbocycles. The number of hydrogen-bond donors (Lipinski definition) is 1. The Morgan fingerprint density at radius 1 is 1.04 bits per heavy atom. The van der Waals surface area contributed by atoms with Crippen molar-refractivity contribution in [3.8, 4) is 16.3 Å². The molecule has 5 nitrogen and oxygen atoms in total. The highest BCUT2D eigenvalue weighted by Crippen LogP contribution is 2.23. The van der Waals surface area contributed by atoms with Crippen molar-refractivity contribution in [1.82, 2.24) is 20.1 Å². The number of rotatable bonds is 5. The summed E-state index contributed by atoms with van der Waals surface area (Å²) in [4.78, 5) is 16.9. The summed E-state index contributed by atoms with van der Waals surface area (Å²) in [6.45, 7) is 0.388. The third-order valence-electron chi connectivity index (χ3n) is 3.87. The summed E-state index contributed by atoms with van der Waals surface area (Å²) in [7, 11) is 0. The molecular weight excluding hydrogens is 344 g/mol. The summed E-state index contributed by atoms with van der Waals surface area (Å²) in [5.41, 5.74) is 3.36. The Kier molecular flexibility index (Phi) is 4.57. The number of thiazole rings is 1. The molecule has 0 aliphatic rings. The minimum atomic E-state index is -0.165. The molecule has 128 valence electrons. The van der Waals surface area contributed by atoms with E-state index in [0.29, 0.717) is 12.1 Å². The SMILES string of the molecule is O=C(NCc1csc(-c2ccccc2)n1)c1cnn(-c2ccccc2)c1. The molecule has 4 rings (SSSR count). The fraction of sp³-hybridized carbons (Fsp3) is 0.0500. The second kappa shape index (κ2) is 7.33. The monoisotopic (exact) mass is 360 g/mol. The van der Waals surface area contributed by atoms with Gasteiger partial charge in [0.25, 0.3) is 5.91 Å². The smallest absolute Gasteiger partial charge is 0.254 e. The third kappa shape index (κ3) is 3.55. The van der Waals surface area contributed by atoms with Crippen LogP contribution in [0.1, 0.15) is 16.1 Å². The summed E-state index contributed by atoms with van der Waals surface area (Å²) in [5.74, 6) is -0.165. The average molecular weight is 360 g/mol. The summed E-state index contributed by atoms with van der Waals surface area (Å²) in [5, 5.41) is 10.1. The molecule has 0 aliphatic carbocycles. The second-order valence-corrected chi connectivity index (χ2v) is 6.56. The van der Waals surface area contributed by atoms with E-state index in [-0.39, 0.29) is 5.91 Å². The van der Waals surface area contributed by atoms with Gasteiger partial charge in [0, 0.05) is 17.1 Å². The lowest BCUT2D eigenvalue weighted by Gasteiger charge is -2.01. The van der Waals surface area contributed by atoms with E-state index in [1.54, 1.807) is 28.4 Å². The molecule has 0 spiro atoms. The minimum Gasteiger partial charge on any atom is -0.346 e. The number of benzene rings is 2. The zero-order valence-electron chi connectivity index (χ0n) is 13.9. The number of nitrogens with one attached hydrogen (secondary N) is 1. The van der Waals surface area contributed by atoms with Crippen LogP contribution in [0.2, 0.25) is 0 Å². The zero-order chi connectivity index (χ0) is 17.8. The molecule has 1 N–H and O–H groups in total. The van der Waals surface area contributed by atoms with Crippen molar-refractivity contribution in [2.75, 3.05) is 0 Å². The summed E-state index contributed by atoms with van der Waals surface area (Å²) < 4.78 is 1.69. The van der Waals surface area contributed by atoms with Gasteiger partial charge in [-0.15, -0.1) is 11.3 Å². The van der Waals surface area contributed by atoms with Gasteiger partial charge >= 0.3 is 0 Å². The van der Waals surface area contributed by atoms with Gasteiger partial charge in [-0.3, -0.25) is 4.79 Å². The van der Waals surface area contributed by atoms with Crippen molar-refractivity contribution in [2.45, 2.75) is 6.54 Å². The van der Waals surface area contributed by atoms with Crippen molar-refractivity contribution in [2.24, 2.45) is 0 Å². The highest BCUT2D eigenvalue weighted by Gasteiger charge is 2.10. The number of aromatic nitrogens is 3. The van der Waals surface area contributed by atoms with Gasteiger partial charge in [0.05, 0.1) is 29.7 Å². The van der Waals surface area contributed by atoms with Gasteiger partial charge in [-0.05, 0) is 12.1 Å². The maximum absolute atomic E-state index is 12.4. The molecule has 2 heterocycles. The van der Waals surface area contributed by atoms with Gasteiger partial charge in [-0.25, -0.2) is 9.67 Å². The lowest BCUT2D eigenvalue weighted by Crippen LogP contribution is -2.22. The molecule has 0 atom stereocenters. The standard InChI is InChI=1S/C20H16N4OS/c25-19(16-11-22-24(13-16)18-9-5-2-6-10-18)21-12-17-14-26-20(23-17)15-7-3-1-4-8-15/h1-11,13-14H,12H2,(H,21,25). The summed E-state index contributed by atoms with van der Waals surface area (Å²) in [6, 6.07) is 19.7. The predicted molar refractivity (Wildman–Crippen MR) is 102 cm³/mol. The van der Waals surface area contributed by atoms with Crippen LogP contribution in [0.3, 0.4) is 0 Å². The number of nitrogens with zero attached hydrogens (tertiary/aromatic N) is 3. The molecule has 2 aromatic heterocycles. The topological polar surface area (TPSA) is 59.8 Å². The van der Waals surface area contributed by atoms with Crippen LogP contribution in [-0.4, -0.2) is 20.7 Å². The number of para-hydroxylation sites is 1. The van der Waals surface area contributed by atoms with Gasteiger partial charge in [0.1, 0.15) is 5.01 Å². The highest BCUT2D eigenvalue weighted by molar-refractivity contribution is 7.13. The van der Waals surface area contributed by atoms with Crippen LogP contribution < -0.4 is 5.32 Å². The quantitative estimate of drug-likeness (QED) is 0.587. The van der Waals surface area contributed by atoms with E-state index in [1.807, 2.05) is 66.0 Å². The Labute approximate surface area is 155 Å². The van der Waals surface area contributed by atoms with Crippen LogP contribution in [0.4, 0.5) is 0 Å². The first-order valence-electron chi connectivity index (χ1n) is 8.18. The molecule has 26 heavy (non-hydrogen) atoms. The fourth-order valence-electron chi connectivity index (χ4n) is 2.54. The van der Waals surface area contributed by atoms with E-state index in [4.69, 9.17) is 0 Å². The van der Waals surface area contributed by atoms with E-state index in [2.05, 4.69) is 15.4 Å². The molecule has 0 unspecified atom stereocenters.